The van der Waals surface area contributed by atoms with Gasteiger partial charge < -0.3 is 5.32 Å². The number of sulfonamides is 1. The van der Waals surface area contributed by atoms with Gasteiger partial charge >= 0.3 is 0 Å². The van der Waals surface area contributed by atoms with Crippen LogP contribution in [0.4, 0.5) is 11.4 Å². The van der Waals surface area contributed by atoms with E-state index in [0.717, 1.165) is 0 Å². The van der Waals surface area contributed by atoms with Crippen molar-refractivity contribution in [1.29, 1.82) is 0 Å². The van der Waals surface area contributed by atoms with Crippen LogP contribution in [0.15, 0.2) is 53.4 Å². The molecular weight excluding hydrogens is 382 g/mol. The maximum absolute atomic E-state index is 13.0. The highest BCUT2D eigenvalue weighted by Crippen LogP contribution is 2.30. The van der Waals surface area contributed by atoms with E-state index in [4.69, 9.17) is 0 Å². The zero-order valence-corrected chi connectivity index (χ0v) is 16.2. The molecule has 0 radical (unpaired) electrons. The lowest BCUT2D eigenvalue weighted by Crippen LogP contribution is -2.41. The summed E-state index contributed by atoms with van der Waals surface area (Å²) in [6.07, 6.45) is 0.789. The third-order valence-corrected chi connectivity index (χ3v) is 6.98. The molecule has 1 amide bonds. The first-order valence-electron chi connectivity index (χ1n) is 8.91. The van der Waals surface area contributed by atoms with Crippen molar-refractivity contribution >= 4 is 27.3 Å². The Bertz CT molecular complexity index is 984. The highest BCUT2D eigenvalue weighted by atomic mass is 32.2. The van der Waals surface area contributed by atoms with Crippen molar-refractivity contribution in [2.75, 3.05) is 18.4 Å². The quantitative estimate of drug-likeness (QED) is 0.610. The van der Waals surface area contributed by atoms with Crippen LogP contribution in [0.1, 0.15) is 18.4 Å². The van der Waals surface area contributed by atoms with Gasteiger partial charge in [-0.2, -0.15) is 4.31 Å². The fourth-order valence-corrected chi connectivity index (χ4v) is 5.06. The Morgan fingerprint density at radius 2 is 1.75 bits per heavy atom. The topological polar surface area (TPSA) is 110 Å². The molecule has 2 aromatic carbocycles. The molecule has 1 saturated heterocycles. The van der Waals surface area contributed by atoms with Crippen LogP contribution >= 0.6 is 0 Å². The highest BCUT2D eigenvalue weighted by molar-refractivity contribution is 7.89. The number of para-hydroxylation sites is 1. The van der Waals surface area contributed by atoms with Crippen molar-refractivity contribution in [1.82, 2.24) is 4.31 Å². The molecule has 0 unspecified atom stereocenters. The van der Waals surface area contributed by atoms with Crippen LogP contribution in [0.2, 0.25) is 0 Å². The molecule has 1 aliphatic rings. The normalized spacial score (nSPS) is 15.9. The SMILES string of the molecule is Cc1c([N+](=O)[O-])cccc1S(=O)(=O)N1CCC(C(=O)Nc2ccccc2)CC1. The molecule has 1 fully saturated rings. The number of carbonyl (C=O) groups excluding carboxylic acids is 1. The Hall–Kier alpha value is -2.78. The number of rotatable bonds is 5. The van der Waals surface area contributed by atoms with E-state index in [0.29, 0.717) is 18.5 Å². The second-order valence-corrected chi connectivity index (χ2v) is 8.60. The molecule has 0 spiro atoms. The summed E-state index contributed by atoms with van der Waals surface area (Å²) in [5, 5.41) is 13.9. The Morgan fingerprint density at radius 3 is 2.36 bits per heavy atom. The largest absolute Gasteiger partial charge is 0.326 e. The molecule has 3 rings (SSSR count). The van der Waals surface area contributed by atoms with Crippen LogP contribution < -0.4 is 5.32 Å². The summed E-state index contributed by atoms with van der Waals surface area (Å²) in [5.74, 6) is -0.410. The zero-order chi connectivity index (χ0) is 20.3. The van der Waals surface area contributed by atoms with Gasteiger partial charge in [-0.1, -0.05) is 24.3 Å². The smallest absolute Gasteiger partial charge is 0.273 e. The van der Waals surface area contributed by atoms with E-state index in [-0.39, 0.29) is 41.1 Å². The number of piperidine rings is 1. The van der Waals surface area contributed by atoms with Crippen molar-refractivity contribution in [3.05, 3.63) is 64.2 Å². The molecular formula is C19H21N3O5S. The maximum atomic E-state index is 13.0. The van der Waals surface area contributed by atoms with E-state index in [2.05, 4.69) is 5.32 Å². The van der Waals surface area contributed by atoms with Gasteiger partial charge in [0.05, 0.1) is 9.82 Å². The molecule has 0 bridgehead atoms. The summed E-state index contributed by atoms with van der Waals surface area (Å²) in [6.45, 7) is 1.82. The highest BCUT2D eigenvalue weighted by Gasteiger charge is 2.34. The van der Waals surface area contributed by atoms with Gasteiger partial charge in [-0.15, -0.1) is 0 Å². The van der Waals surface area contributed by atoms with Gasteiger partial charge in [0.1, 0.15) is 0 Å². The number of carbonyl (C=O) groups is 1. The van der Waals surface area contributed by atoms with Gasteiger partial charge in [0.15, 0.2) is 0 Å². The van der Waals surface area contributed by atoms with Crippen molar-refractivity contribution in [2.24, 2.45) is 5.92 Å². The summed E-state index contributed by atoms with van der Waals surface area (Å²) in [4.78, 5) is 22.9. The van der Waals surface area contributed by atoms with Gasteiger partial charge in [-0.25, -0.2) is 8.42 Å². The first-order chi connectivity index (χ1) is 13.3. The van der Waals surface area contributed by atoms with E-state index in [1.807, 2.05) is 18.2 Å². The Morgan fingerprint density at radius 1 is 1.11 bits per heavy atom. The third-order valence-electron chi connectivity index (χ3n) is 4.94. The van der Waals surface area contributed by atoms with E-state index in [1.165, 1.54) is 29.4 Å². The lowest BCUT2D eigenvalue weighted by atomic mass is 9.97. The molecule has 148 valence electrons. The summed E-state index contributed by atoms with van der Waals surface area (Å²) in [6, 6.07) is 13.1. The van der Waals surface area contributed by atoms with Crippen molar-refractivity contribution in [3.63, 3.8) is 0 Å². The number of nitro groups is 1. The van der Waals surface area contributed by atoms with Crippen LogP contribution in [0, 0.1) is 23.0 Å². The number of nitrogens with zero attached hydrogens (tertiary/aromatic N) is 2. The monoisotopic (exact) mass is 403 g/mol. The van der Waals surface area contributed by atoms with Gasteiger partial charge in [0.2, 0.25) is 15.9 Å². The first kappa shape index (κ1) is 20.0. The van der Waals surface area contributed by atoms with Crippen LogP contribution in [0.3, 0.4) is 0 Å². The summed E-state index contributed by atoms with van der Waals surface area (Å²) in [7, 11) is -3.86. The minimum Gasteiger partial charge on any atom is -0.326 e. The van der Waals surface area contributed by atoms with Crippen LogP contribution in [-0.4, -0.2) is 36.6 Å². The molecule has 1 N–H and O–H groups in total. The number of nitrogens with one attached hydrogen (secondary N) is 1. The molecule has 0 aliphatic carbocycles. The van der Waals surface area contributed by atoms with Gasteiger partial charge in [0, 0.05) is 36.3 Å². The van der Waals surface area contributed by atoms with Crippen molar-refractivity contribution in [2.45, 2.75) is 24.7 Å². The fourth-order valence-electron chi connectivity index (χ4n) is 3.34. The second kappa shape index (κ2) is 8.07. The Labute approximate surface area is 163 Å². The molecule has 8 nitrogen and oxygen atoms in total. The molecule has 0 aromatic heterocycles. The molecule has 2 aromatic rings. The summed E-state index contributed by atoms with van der Waals surface area (Å²) in [5.41, 5.74) is 0.601. The first-order valence-corrected chi connectivity index (χ1v) is 10.3. The Kier molecular flexibility index (Phi) is 5.76. The Balaban J connectivity index is 1.70. The van der Waals surface area contributed by atoms with Crippen LogP contribution in [-0.2, 0) is 14.8 Å². The third kappa shape index (κ3) is 4.05. The van der Waals surface area contributed by atoms with Crippen LogP contribution in [0.25, 0.3) is 0 Å². The van der Waals surface area contributed by atoms with E-state index in [1.54, 1.807) is 12.1 Å². The van der Waals surface area contributed by atoms with Crippen molar-refractivity contribution < 1.29 is 18.1 Å². The molecule has 28 heavy (non-hydrogen) atoms. The lowest BCUT2D eigenvalue weighted by Gasteiger charge is -2.30. The number of anilines is 1. The number of amides is 1. The zero-order valence-electron chi connectivity index (χ0n) is 15.4. The van der Waals surface area contributed by atoms with Gasteiger partial charge in [0.25, 0.3) is 5.69 Å². The summed E-state index contributed by atoms with van der Waals surface area (Å²) >= 11 is 0. The van der Waals surface area contributed by atoms with E-state index < -0.39 is 14.9 Å². The lowest BCUT2D eigenvalue weighted by molar-refractivity contribution is -0.385. The second-order valence-electron chi connectivity index (χ2n) is 6.69. The number of benzene rings is 2. The van der Waals surface area contributed by atoms with Crippen molar-refractivity contribution in [3.8, 4) is 0 Å². The van der Waals surface area contributed by atoms with Gasteiger partial charge in [-0.05, 0) is 38.0 Å². The maximum Gasteiger partial charge on any atom is 0.273 e. The van der Waals surface area contributed by atoms with E-state index >= 15 is 0 Å². The molecule has 0 saturated carbocycles. The molecule has 1 heterocycles. The molecule has 9 heteroatoms. The predicted molar refractivity (Wildman–Crippen MR) is 104 cm³/mol. The van der Waals surface area contributed by atoms with Gasteiger partial charge in [-0.3, -0.25) is 14.9 Å². The number of nitro benzene ring substituents is 1. The number of hydrogen-bond acceptors (Lipinski definition) is 5. The standard InChI is InChI=1S/C19H21N3O5S/c1-14-17(22(24)25)8-5-9-18(14)28(26,27)21-12-10-15(11-13-21)19(23)20-16-6-3-2-4-7-16/h2-9,15H,10-13H2,1H3,(H,20,23). The average Bonchev–Trinajstić information content (AvgIpc) is 2.68. The molecule has 1 aliphatic heterocycles. The summed E-state index contributed by atoms with van der Waals surface area (Å²) < 4.78 is 27.2. The predicted octanol–water partition coefficient (Wildman–Crippen LogP) is 2.94. The fraction of sp³-hybridized carbons (Fsp3) is 0.316. The minimum absolute atomic E-state index is 0.0612. The van der Waals surface area contributed by atoms with E-state index in [9.17, 15) is 23.3 Å². The average molecular weight is 403 g/mol. The molecule has 0 atom stereocenters. The van der Waals surface area contributed by atoms with Crippen LogP contribution in [0.5, 0.6) is 0 Å². The number of hydrogen-bond donors (Lipinski definition) is 1. The minimum atomic E-state index is -3.86.